The van der Waals surface area contributed by atoms with Crippen molar-refractivity contribution < 1.29 is 4.79 Å². The van der Waals surface area contributed by atoms with Gasteiger partial charge in [-0.25, -0.2) is 14.8 Å². The van der Waals surface area contributed by atoms with E-state index < -0.39 is 0 Å². The molecule has 2 N–H and O–H groups in total. The molecule has 1 aliphatic rings. The zero-order valence-corrected chi connectivity index (χ0v) is 13.3. The number of piperidine rings is 1. The van der Waals surface area contributed by atoms with Crippen molar-refractivity contribution in [1.82, 2.24) is 15.3 Å². The molecule has 6 nitrogen and oxygen atoms in total. The maximum Gasteiger partial charge on any atom is 0.319 e. The van der Waals surface area contributed by atoms with E-state index >= 15 is 0 Å². The summed E-state index contributed by atoms with van der Waals surface area (Å²) in [6, 6.07) is 8.76. The van der Waals surface area contributed by atoms with Crippen LogP contribution in [-0.2, 0) is 0 Å². The van der Waals surface area contributed by atoms with Crippen molar-refractivity contribution in [2.75, 3.05) is 23.3 Å². The molecule has 2 aromatic rings. The van der Waals surface area contributed by atoms with Gasteiger partial charge in [0.2, 0.25) is 5.95 Å². The second-order valence-corrected chi connectivity index (χ2v) is 5.82. The van der Waals surface area contributed by atoms with Crippen LogP contribution in [0.3, 0.4) is 0 Å². The Hall–Kier alpha value is -2.34. The van der Waals surface area contributed by atoms with Crippen LogP contribution in [-0.4, -0.2) is 35.1 Å². The molecule has 2 heterocycles. The number of para-hydroxylation sites is 1. The molecule has 7 heteroatoms. The summed E-state index contributed by atoms with van der Waals surface area (Å²) in [5.74, 6) is 0.700. The third-order valence-electron chi connectivity index (χ3n) is 3.71. The first-order valence-corrected chi connectivity index (χ1v) is 7.94. The Balaban J connectivity index is 1.57. The third-order valence-corrected chi connectivity index (χ3v) is 4.04. The number of amides is 2. The van der Waals surface area contributed by atoms with Gasteiger partial charge in [0, 0.05) is 31.5 Å². The van der Waals surface area contributed by atoms with Crippen molar-refractivity contribution in [3.05, 3.63) is 47.7 Å². The monoisotopic (exact) mass is 331 g/mol. The first kappa shape index (κ1) is 15.6. The highest BCUT2D eigenvalue weighted by molar-refractivity contribution is 6.33. The largest absolute Gasteiger partial charge is 0.339 e. The van der Waals surface area contributed by atoms with Crippen LogP contribution in [0, 0.1) is 0 Å². The average molecular weight is 332 g/mol. The number of benzene rings is 1. The van der Waals surface area contributed by atoms with Crippen LogP contribution in [0.15, 0.2) is 42.7 Å². The molecule has 3 rings (SSSR count). The summed E-state index contributed by atoms with van der Waals surface area (Å²) in [5, 5.41) is 6.29. The molecule has 0 aliphatic carbocycles. The first-order valence-electron chi connectivity index (χ1n) is 7.56. The molecular formula is C16H18ClN5O. The molecule has 2 amide bonds. The number of halogens is 1. The van der Waals surface area contributed by atoms with Gasteiger partial charge < -0.3 is 15.5 Å². The number of hydrogen-bond donors (Lipinski definition) is 2. The smallest absolute Gasteiger partial charge is 0.319 e. The minimum atomic E-state index is -0.251. The van der Waals surface area contributed by atoms with Gasteiger partial charge >= 0.3 is 6.03 Å². The molecule has 23 heavy (non-hydrogen) atoms. The number of rotatable bonds is 3. The van der Waals surface area contributed by atoms with Crippen molar-refractivity contribution in [3.63, 3.8) is 0 Å². The molecule has 1 fully saturated rings. The number of nitrogens with one attached hydrogen (secondary N) is 2. The highest BCUT2D eigenvalue weighted by Crippen LogP contribution is 2.20. The quantitative estimate of drug-likeness (QED) is 0.907. The third kappa shape index (κ3) is 4.10. The van der Waals surface area contributed by atoms with E-state index in [0.29, 0.717) is 23.2 Å². The molecular weight excluding hydrogens is 314 g/mol. The van der Waals surface area contributed by atoms with E-state index in [2.05, 4.69) is 25.5 Å². The van der Waals surface area contributed by atoms with E-state index in [-0.39, 0.29) is 12.1 Å². The molecule has 0 saturated carbocycles. The molecule has 1 aliphatic heterocycles. The van der Waals surface area contributed by atoms with Crippen LogP contribution >= 0.6 is 11.6 Å². The lowest BCUT2D eigenvalue weighted by Gasteiger charge is -2.33. The zero-order valence-electron chi connectivity index (χ0n) is 12.6. The summed E-state index contributed by atoms with van der Waals surface area (Å²) in [6.45, 7) is 1.59. The van der Waals surface area contributed by atoms with E-state index in [0.717, 1.165) is 19.4 Å². The fourth-order valence-corrected chi connectivity index (χ4v) is 2.82. The Kier molecular flexibility index (Phi) is 4.92. The number of anilines is 2. The van der Waals surface area contributed by atoms with E-state index in [1.165, 1.54) is 0 Å². The van der Waals surface area contributed by atoms with E-state index in [1.807, 2.05) is 12.1 Å². The summed E-state index contributed by atoms with van der Waals surface area (Å²) in [4.78, 5) is 22.8. The van der Waals surface area contributed by atoms with Gasteiger partial charge in [0.15, 0.2) is 0 Å². The normalized spacial score (nSPS) is 17.6. The molecule has 1 aromatic heterocycles. The lowest BCUT2D eigenvalue weighted by Crippen LogP contribution is -2.49. The number of nitrogens with zero attached hydrogens (tertiary/aromatic N) is 3. The first-order chi connectivity index (χ1) is 11.2. The predicted octanol–water partition coefficient (Wildman–Crippen LogP) is 2.92. The molecule has 1 saturated heterocycles. The van der Waals surface area contributed by atoms with Gasteiger partial charge in [-0.05, 0) is 31.0 Å². The van der Waals surface area contributed by atoms with Crippen molar-refractivity contribution >= 4 is 29.3 Å². The molecule has 1 aromatic carbocycles. The Bertz CT molecular complexity index is 667. The summed E-state index contributed by atoms with van der Waals surface area (Å²) >= 11 is 6.05. The highest BCUT2D eigenvalue weighted by Gasteiger charge is 2.23. The van der Waals surface area contributed by atoms with Gasteiger partial charge in [-0.1, -0.05) is 23.7 Å². The van der Waals surface area contributed by atoms with Crippen molar-refractivity contribution in [3.8, 4) is 0 Å². The molecule has 0 radical (unpaired) electrons. The Morgan fingerprint density at radius 3 is 2.78 bits per heavy atom. The van der Waals surface area contributed by atoms with Crippen LogP contribution in [0.4, 0.5) is 16.4 Å². The van der Waals surface area contributed by atoms with Gasteiger partial charge in [0.05, 0.1) is 10.7 Å². The second-order valence-electron chi connectivity index (χ2n) is 5.41. The van der Waals surface area contributed by atoms with E-state index in [1.54, 1.807) is 30.6 Å². The van der Waals surface area contributed by atoms with Crippen LogP contribution in [0.25, 0.3) is 0 Å². The molecule has 0 spiro atoms. The average Bonchev–Trinajstić information content (AvgIpc) is 2.58. The fourth-order valence-electron chi connectivity index (χ4n) is 2.64. The maximum atomic E-state index is 12.1. The zero-order chi connectivity index (χ0) is 16.1. The maximum absolute atomic E-state index is 12.1. The summed E-state index contributed by atoms with van der Waals surface area (Å²) in [7, 11) is 0. The fraction of sp³-hybridized carbons (Fsp3) is 0.312. The lowest BCUT2D eigenvalue weighted by molar-refractivity contribution is 0.246. The van der Waals surface area contributed by atoms with E-state index in [9.17, 15) is 4.79 Å². The Morgan fingerprint density at radius 1 is 1.22 bits per heavy atom. The SMILES string of the molecule is O=C(Nc1ccccc1Cl)NC1CCCN(c2ncccn2)C1. The summed E-state index contributed by atoms with van der Waals surface area (Å²) in [6.07, 6.45) is 5.36. The van der Waals surface area contributed by atoms with Gasteiger partial charge in [-0.2, -0.15) is 0 Å². The number of carbonyl (C=O) groups is 1. The van der Waals surface area contributed by atoms with Gasteiger partial charge in [-0.15, -0.1) is 0 Å². The minimum absolute atomic E-state index is 0.0510. The second kappa shape index (κ2) is 7.28. The molecule has 120 valence electrons. The van der Waals surface area contributed by atoms with Crippen molar-refractivity contribution in [2.45, 2.75) is 18.9 Å². The minimum Gasteiger partial charge on any atom is -0.339 e. The predicted molar refractivity (Wildman–Crippen MR) is 90.9 cm³/mol. The van der Waals surface area contributed by atoms with Crippen LogP contribution in [0.2, 0.25) is 5.02 Å². The van der Waals surface area contributed by atoms with Crippen LogP contribution < -0.4 is 15.5 Å². The standard InChI is InChI=1S/C16H18ClN5O/c17-13-6-1-2-7-14(13)21-16(23)20-12-5-3-10-22(11-12)15-18-8-4-9-19-15/h1-2,4,6-9,12H,3,5,10-11H2,(H2,20,21,23). The van der Waals surface area contributed by atoms with Crippen LogP contribution in [0.1, 0.15) is 12.8 Å². The van der Waals surface area contributed by atoms with Gasteiger partial charge in [-0.3, -0.25) is 0 Å². The topological polar surface area (TPSA) is 70.2 Å². The number of carbonyl (C=O) groups excluding carboxylic acids is 1. The lowest BCUT2D eigenvalue weighted by atomic mass is 10.1. The molecule has 1 atom stereocenters. The Morgan fingerprint density at radius 2 is 2.00 bits per heavy atom. The van der Waals surface area contributed by atoms with Gasteiger partial charge in [0.1, 0.15) is 0 Å². The highest BCUT2D eigenvalue weighted by atomic mass is 35.5. The summed E-state index contributed by atoms with van der Waals surface area (Å²) in [5.41, 5.74) is 0.603. The Labute approximate surface area is 139 Å². The number of urea groups is 1. The number of aromatic nitrogens is 2. The van der Waals surface area contributed by atoms with E-state index in [4.69, 9.17) is 11.6 Å². The summed E-state index contributed by atoms with van der Waals surface area (Å²) < 4.78 is 0. The van der Waals surface area contributed by atoms with Gasteiger partial charge in [0.25, 0.3) is 0 Å². The molecule has 0 bridgehead atoms. The van der Waals surface area contributed by atoms with Crippen LogP contribution in [0.5, 0.6) is 0 Å². The van der Waals surface area contributed by atoms with Crippen molar-refractivity contribution in [1.29, 1.82) is 0 Å². The number of hydrogen-bond acceptors (Lipinski definition) is 4. The molecule has 1 unspecified atom stereocenters. The van der Waals surface area contributed by atoms with Crippen molar-refractivity contribution in [2.24, 2.45) is 0 Å².